The first-order chi connectivity index (χ1) is 13.4. The topological polar surface area (TPSA) is 88.5 Å². The second-order valence-electron chi connectivity index (χ2n) is 6.06. The van der Waals surface area contributed by atoms with Crippen LogP contribution in [0.2, 0.25) is 0 Å². The highest BCUT2D eigenvalue weighted by Gasteiger charge is 2.17. The van der Waals surface area contributed by atoms with Gasteiger partial charge in [0.1, 0.15) is 17.1 Å². The van der Waals surface area contributed by atoms with Gasteiger partial charge >= 0.3 is 5.97 Å². The molecule has 0 aliphatic carbocycles. The smallest absolute Gasteiger partial charge is 0.335 e. The molecule has 0 radical (unpaired) electrons. The van der Waals surface area contributed by atoms with Gasteiger partial charge in [-0.3, -0.25) is 4.79 Å². The van der Waals surface area contributed by atoms with Crippen LogP contribution in [0.5, 0.6) is 11.6 Å². The number of aromatic nitrogens is 1. The fourth-order valence-corrected chi connectivity index (χ4v) is 2.49. The van der Waals surface area contributed by atoms with E-state index < -0.39 is 17.7 Å². The highest BCUT2D eigenvalue weighted by molar-refractivity contribution is 5.96. The number of halogens is 1. The van der Waals surface area contributed by atoms with Crippen LogP contribution >= 0.6 is 0 Å². The van der Waals surface area contributed by atoms with E-state index in [0.717, 1.165) is 17.8 Å². The summed E-state index contributed by atoms with van der Waals surface area (Å²) in [7, 11) is 0. The van der Waals surface area contributed by atoms with E-state index in [1.165, 1.54) is 12.1 Å². The standard InChI is InChI=1S/C21H17FN2O4/c1-13-4-2-3-5-18(13)28-20-17(10-16(22)12-24-20)19(25)23-11-14-6-8-15(9-7-14)21(26)27/h2-10,12H,11H2,1H3,(H,23,25)(H,26,27). The predicted octanol–water partition coefficient (Wildman–Crippen LogP) is 3.95. The largest absolute Gasteiger partial charge is 0.478 e. The Morgan fingerprint density at radius 3 is 2.54 bits per heavy atom. The molecule has 142 valence electrons. The van der Waals surface area contributed by atoms with Crippen molar-refractivity contribution in [2.45, 2.75) is 13.5 Å². The summed E-state index contributed by atoms with van der Waals surface area (Å²) >= 11 is 0. The number of amides is 1. The molecule has 3 aromatic rings. The van der Waals surface area contributed by atoms with Gasteiger partial charge in [0.2, 0.25) is 5.88 Å². The van der Waals surface area contributed by atoms with Gasteiger partial charge in [-0.2, -0.15) is 0 Å². The first-order valence-corrected chi connectivity index (χ1v) is 8.43. The lowest BCUT2D eigenvalue weighted by molar-refractivity contribution is 0.0696. The Balaban J connectivity index is 1.76. The van der Waals surface area contributed by atoms with Crippen LogP contribution < -0.4 is 10.1 Å². The van der Waals surface area contributed by atoms with Crippen molar-refractivity contribution in [3.05, 3.63) is 88.9 Å². The summed E-state index contributed by atoms with van der Waals surface area (Å²) in [6, 6.07) is 14.3. The predicted molar refractivity (Wildman–Crippen MR) is 100 cm³/mol. The van der Waals surface area contributed by atoms with Crippen LogP contribution in [0.15, 0.2) is 60.8 Å². The maximum absolute atomic E-state index is 13.7. The van der Waals surface area contributed by atoms with Gasteiger partial charge in [0, 0.05) is 6.54 Å². The van der Waals surface area contributed by atoms with Crippen LogP contribution in [0.25, 0.3) is 0 Å². The Hall–Kier alpha value is -3.74. The molecule has 1 aromatic heterocycles. The molecule has 0 atom stereocenters. The van der Waals surface area contributed by atoms with Crippen molar-refractivity contribution >= 4 is 11.9 Å². The number of rotatable bonds is 6. The maximum atomic E-state index is 13.7. The molecular weight excluding hydrogens is 363 g/mol. The number of carbonyl (C=O) groups excluding carboxylic acids is 1. The third-order valence-corrected chi connectivity index (χ3v) is 4.02. The van der Waals surface area contributed by atoms with E-state index in [9.17, 15) is 14.0 Å². The summed E-state index contributed by atoms with van der Waals surface area (Å²) in [4.78, 5) is 27.3. The number of aromatic carboxylic acids is 1. The molecule has 0 unspecified atom stereocenters. The number of carboxylic acid groups (broad SMARTS) is 1. The summed E-state index contributed by atoms with van der Waals surface area (Å²) in [5, 5.41) is 11.6. The lowest BCUT2D eigenvalue weighted by Crippen LogP contribution is -2.23. The number of nitrogens with zero attached hydrogens (tertiary/aromatic N) is 1. The monoisotopic (exact) mass is 380 g/mol. The van der Waals surface area contributed by atoms with E-state index in [1.54, 1.807) is 24.3 Å². The van der Waals surface area contributed by atoms with Gasteiger partial charge in [-0.15, -0.1) is 0 Å². The SMILES string of the molecule is Cc1ccccc1Oc1ncc(F)cc1C(=O)NCc1ccc(C(=O)O)cc1. The number of hydrogen-bond donors (Lipinski definition) is 2. The number of carboxylic acids is 1. The number of pyridine rings is 1. The minimum atomic E-state index is -1.03. The van der Waals surface area contributed by atoms with Crippen molar-refractivity contribution in [2.75, 3.05) is 0 Å². The van der Waals surface area contributed by atoms with Crippen molar-refractivity contribution in [3.63, 3.8) is 0 Å². The lowest BCUT2D eigenvalue weighted by Gasteiger charge is -2.12. The molecule has 0 saturated heterocycles. The molecule has 28 heavy (non-hydrogen) atoms. The third kappa shape index (κ3) is 4.50. The zero-order valence-electron chi connectivity index (χ0n) is 15.0. The van der Waals surface area contributed by atoms with E-state index in [-0.39, 0.29) is 23.6 Å². The third-order valence-electron chi connectivity index (χ3n) is 4.02. The van der Waals surface area contributed by atoms with E-state index in [4.69, 9.17) is 9.84 Å². The van der Waals surface area contributed by atoms with Gasteiger partial charge in [-0.05, 0) is 42.3 Å². The van der Waals surface area contributed by atoms with Crippen molar-refractivity contribution in [1.82, 2.24) is 10.3 Å². The fourth-order valence-electron chi connectivity index (χ4n) is 2.49. The van der Waals surface area contributed by atoms with Crippen LogP contribution in [0.3, 0.4) is 0 Å². The molecule has 6 nitrogen and oxygen atoms in total. The Morgan fingerprint density at radius 1 is 1.14 bits per heavy atom. The van der Waals surface area contributed by atoms with Crippen LogP contribution in [-0.2, 0) is 6.54 Å². The van der Waals surface area contributed by atoms with E-state index >= 15 is 0 Å². The van der Waals surface area contributed by atoms with Crippen molar-refractivity contribution in [2.24, 2.45) is 0 Å². The number of hydrogen-bond acceptors (Lipinski definition) is 4. The van der Waals surface area contributed by atoms with E-state index in [2.05, 4.69) is 10.3 Å². The average molecular weight is 380 g/mol. The minimum Gasteiger partial charge on any atom is -0.478 e. The Labute approximate surface area is 160 Å². The highest BCUT2D eigenvalue weighted by atomic mass is 19.1. The first-order valence-electron chi connectivity index (χ1n) is 8.43. The van der Waals surface area contributed by atoms with Gasteiger partial charge in [0.15, 0.2) is 0 Å². The van der Waals surface area contributed by atoms with Crippen molar-refractivity contribution < 1.29 is 23.8 Å². The molecule has 0 aliphatic rings. The molecule has 0 aliphatic heterocycles. The van der Waals surface area contributed by atoms with Crippen LogP contribution in [-0.4, -0.2) is 22.0 Å². The Morgan fingerprint density at radius 2 is 1.86 bits per heavy atom. The highest BCUT2D eigenvalue weighted by Crippen LogP contribution is 2.26. The number of carbonyl (C=O) groups is 2. The molecule has 0 saturated carbocycles. The minimum absolute atomic E-state index is 0.00516. The average Bonchev–Trinajstić information content (AvgIpc) is 2.69. The Bertz CT molecular complexity index is 1020. The summed E-state index contributed by atoms with van der Waals surface area (Å²) in [5.41, 5.74) is 1.66. The summed E-state index contributed by atoms with van der Waals surface area (Å²) in [6.45, 7) is 1.98. The number of aryl methyl sites for hydroxylation is 1. The molecular formula is C21H17FN2O4. The molecule has 7 heteroatoms. The second kappa shape index (κ2) is 8.30. The maximum Gasteiger partial charge on any atom is 0.335 e. The van der Waals surface area contributed by atoms with Crippen molar-refractivity contribution in [3.8, 4) is 11.6 Å². The molecule has 1 heterocycles. The number of nitrogens with one attached hydrogen (secondary N) is 1. The molecule has 0 spiro atoms. The van der Waals surface area contributed by atoms with E-state index in [1.807, 2.05) is 19.1 Å². The number of para-hydroxylation sites is 1. The molecule has 3 rings (SSSR count). The molecule has 1 amide bonds. The number of benzene rings is 2. The van der Waals surface area contributed by atoms with Gasteiger partial charge in [0.05, 0.1) is 11.8 Å². The molecule has 2 N–H and O–H groups in total. The van der Waals surface area contributed by atoms with Crippen LogP contribution in [0.1, 0.15) is 31.8 Å². The second-order valence-corrected chi connectivity index (χ2v) is 6.06. The zero-order valence-corrected chi connectivity index (χ0v) is 15.0. The first kappa shape index (κ1) is 19.0. The lowest BCUT2D eigenvalue weighted by atomic mass is 10.1. The van der Waals surface area contributed by atoms with Gasteiger partial charge in [-0.25, -0.2) is 14.2 Å². The normalized spacial score (nSPS) is 10.4. The molecule has 0 bridgehead atoms. The fraction of sp³-hybridized carbons (Fsp3) is 0.0952. The Kier molecular flexibility index (Phi) is 5.64. The summed E-state index contributed by atoms with van der Waals surface area (Å²) in [6.07, 6.45) is 0.981. The summed E-state index contributed by atoms with van der Waals surface area (Å²) < 4.78 is 19.4. The molecule has 2 aromatic carbocycles. The van der Waals surface area contributed by atoms with Crippen LogP contribution in [0.4, 0.5) is 4.39 Å². The summed E-state index contributed by atoms with van der Waals surface area (Å²) in [5.74, 6) is -1.74. The van der Waals surface area contributed by atoms with Crippen LogP contribution in [0, 0.1) is 12.7 Å². The van der Waals surface area contributed by atoms with Gasteiger partial charge < -0.3 is 15.2 Å². The number of ether oxygens (including phenoxy) is 1. The zero-order chi connectivity index (χ0) is 20.1. The van der Waals surface area contributed by atoms with Gasteiger partial charge in [-0.1, -0.05) is 30.3 Å². The quantitative estimate of drug-likeness (QED) is 0.676. The van der Waals surface area contributed by atoms with Gasteiger partial charge in [0.25, 0.3) is 5.91 Å². The van der Waals surface area contributed by atoms with E-state index in [0.29, 0.717) is 11.3 Å². The van der Waals surface area contributed by atoms with Crippen molar-refractivity contribution in [1.29, 1.82) is 0 Å². The molecule has 0 fully saturated rings.